The van der Waals surface area contributed by atoms with Gasteiger partial charge < -0.3 is 10.1 Å². The molecule has 1 aromatic heterocycles. The standard InChI is InChI=1S/C12H12N2O/c15-11-9-4-2-1-3-8(9)7-10(11)12-13-5-6-14-12/h1-6,10-11,15H,7H2,(H,13,14). The van der Waals surface area contributed by atoms with Crippen LogP contribution in [0.5, 0.6) is 0 Å². The number of benzene rings is 1. The molecule has 0 radical (unpaired) electrons. The molecular weight excluding hydrogens is 188 g/mol. The summed E-state index contributed by atoms with van der Waals surface area (Å²) in [5, 5.41) is 10.2. The number of nitrogens with zero attached hydrogens (tertiary/aromatic N) is 1. The third kappa shape index (κ3) is 1.27. The van der Waals surface area contributed by atoms with Crippen LogP contribution in [-0.2, 0) is 6.42 Å². The van der Waals surface area contributed by atoms with Crippen LogP contribution < -0.4 is 0 Å². The summed E-state index contributed by atoms with van der Waals surface area (Å²) in [5.41, 5.74) is 2.27. The molecular formula is C12H12N2O. The molecule has 1 aliphatic rings. The molecule has 3 heteroatoms. The first-order valence-corrected chi connectivity index (χ1v) is 5.11. The highest BCUT2D eigenvalue weighted by atomic mass is 16.3. The molecule has 76 valence electrons. The molecule has 0 amide bonds. The second-order valence-electron chi connectivity index (χ2n) is 3.93. The van der Waals surface area contributed by atoms with Crippen molar-refractivity contribution in [1.82, 2.24) is 9.97 Å². The van der Waals surface area contributed by atoms with Gasteiger partial charge in [0.25, 0.3) is 0 Å². The van der Waals surface area contributed by atoms with Crippen LogP contribution in [0.4, 0.5) is 0 Å². The van der Waals surface area contributed by atoms with Crippen LogP contribution in [-0.4, -0.2) is 15.1 Å². The summed E-state index contributed by atoms with van der Waals surface area (Å²) in [6, 6.07) is 8.03. The smallest absolute Gasteiger partial charge is 0.112 e. The Morgan fingerprint density at radius 3 is 2.93 bits per heavy atom. The maximum atomic E-state index is 10.2. The van der Waals surface area contributed by atoms with E-state index in [1.165, 1.54) is 5.56 Å². The molecule has 2 unspecified atom stereocenters. The van der Waals surface area contributed by atoms with Gasteiger partial charge in [0.1, 0.15) is 5.82 Å². The summed E-state index contributed by atoms with van der Waals surface area (Å²) in [4.78, 5) is 7.29. The monoisotopic (exact) mass is 200 g/mol. The number of hydrogen-bond acceptors (Lipinski definition) is 2. The number of nitrogens with one attached hydrogen (secondary N) is 1. The quantitative estimate of drug-likeness (QED) is 0.737. The van der Waals surface area contributed by atoms with Gasteiger partial charge >= 0.3 is 0 Å². The van der Waals surface area contributed by atoms with Gasteiger partial charge in [-0.3, -0.25) is 0 Å². The minimum absolute atomic E-state index is 0.0809. The number of aliphatic hydroxyl groups excluding tert-OH is 1. The molecule has 0 aliphatic heterocycles. The Hall–Kier alpha value is -1.61. The number of imidazole rings is 1. The first-order chi connectivity index (χ1) is 7.36. The maximum absolute atomic E-state index is 10.2. The van der Waals surface area contributed by atoms with Crippen molar-refractivity contribution in [1.29, 1.82) is 0 Å². The van der Waals surface area contributed by atoms with Gasteiger partial charge in [-0.1, -0.05) is 24.3 Å². The average Bonchev–Trinajstić information content (AvgIpc) is 2.87. The normalized spacial score (nSPS) is 24.1. The van der Waals surface area contributed by atoms with Crippen LogP contribution in [0.25, 0.3) is 0 Å². The Morgan fingerprint density at radius 2 is 2.20 bits per heavy atom. The van der Waals surface area contributed by atoms with Crippen LogP contribution >= 0.6 is 0 Å². The van der Waals surface area contributed by atoms with Gasteiger partial charge in [0.15, 0.2) is 0 Å². The van der Waals surface area contributed by atoms with Gasteiger partial charge in [-0.05, 0) is 17.5 Å². The van der Waals surface area contributed by atoms with Crippen molar-refractivity contribution < 1.29 is 5.11 Å². The summed E-state index contributed by atoms with van der Waals surface area (Å²) in [6.45, 7) is 0. The van der Waals surface area contributed by atoms with E-state index in [1.807, 2.05) is 18.2 Å². The van der Waals surface area contributed by atoms with Crippen molar-refractivity contribution in [3.63, 3.8) is 0 Å². The zero-order valence-electron chi connectivity index (χ0n) is 8.22. The van der Waals surface area contributed by atoms with Crippen molar-refractivity contribution in [2.75, 3.05) is 0 Å². The average molecular weight is 200 g/mol. The van der Waals surface area contributed by atoms with Crippen molar-refractivity contribution in [2.24, 2.45) is 0 Å². The number of rotatable bonds is 1. The third-order valence-corrected chi connectivity index (χ3v) is 3.07. The Bertz CT molecular complexity index is 464. The fraction of sp³-hybridized carbons (Fsp3) is 0.250. The Labute approximate surface area is 87.8 Å². The van der Waals surface area contributed by atoms with E-state index < -0.39 is 6.10 Å². The second kappa shape index (κ2) is 3.21. The van der Waals surface area contributed by atoms with Crippen molar-refractivity contribution in [2.45, 2.75) is 18.4 Å². The zero-order chi connectivity index (χ0) is 10.3. The van der Waals surface area contributed by atoms with Gasteiger partial charge in [-0.15, -0.1) is 0 Å². The van der Waals surface area contributed by atoms with Crippen molar-refractivity contribution in [3.8, 4) is 0 Å². The van der Waals surface area contributed by atoms with Gasteiger partial charge in [-0.25, -0.2) is 4.98 Å². The van der Waals surface area contributed by atoms with E-state index in [9.17, 15) is 5.11 Å². The molecule has 0 fully saturated rings. The lowest BCUT2D eigenvalue weighted by Crippen LogP contribution is -2.06. The molecule has 15 heavy (non-hydrogen) atoms. The van der Waals surface area contributed by atoms with Gasteiger partial charge in [0.2, 0.25) is 0 Å². The molecule has 3 rings (SSSR count). The lowest BCUT2D eigenvalue weighted by atomic mass is 10.0. The largest absolute Gasteiger partial charge is 0.388 e. The highest BCUT2D eigenvalue weighted by Gasteiger charge is 2.33. The molecule has 2 atom stereocenters. The highest BCUT2D eigenvalue weighted by Crippen LogP contribution is 2.40. The first kappa shape index (κ1) is 8.68. The molecule has 1 heterocycles. The molecule has 0 saturated heterocycles. The first-order valence-electron chi connectivity index (χ1n) is 5.11. The summed E-state index contributed by atoms with van der Waals surface area (Å²) < 4.78 is 0. The van der Waals surface area contributed by atoms with Crippen LogP contribution in [0, 0.1) is 0 Å². The number of aromatic nitrogens is 2. The third-order valence-electron chi connectivity index (χ3n) is 3.07. The molecule has 0 bridgehead atoms. The van der Waals surface area contributed by atoms with Crippen molar-refractivity contribution in [3.05, 3.63) is 53.6 Å². The summed E-state index contributed by atoms with van der Waals surface area (Å²) in [7, 11) is 0. The van der Waals surface area contributed by atoms with Gasteiger partial charge in [-0.2, -0.15) is 0 Å². The summed E-state index contributed by atoms with van der Waals surface area (Å²) in [6.07, 6.45) is 3.97. The van der Waals surface area contributed by atoms with Crippen LogP contribution in [0.3, 0.4) is 0 Å². The Morgan fingerprint density at radius 1 is 1.33 bits per heavy atom. The predicted molar refractivity (Wildman–Crippen MR) is 56.4 cm³/mol. The summed E-state index contributed by atoms with van der Waals surface area (Å²) >= 11 is 0. The van der Waals surface area contributed by atoms with Crippen LogP contribution in [0.15, 0.2) is 36.7 Å². The lowest BCUT2D eigenvalue weighted by Gasteiger charge is -2.11. The van der Waals surface area contributed by atoms with E-state index in [4.69, 9.17) is 0 Å². The molecule has 1 aromatic carbocycles. The molecule has 3 nitrogen and oxygen atoms in total. The predicted octanol–water partition coefficient (Wildman–Crippen LogP) is 1.78. The van der Waals surface area contributed by atoms with E-state index in [2.05, 4.69) is 16.0 Å². The SMILES string of the molecule is OC1c2ccccc2CC1c1ncc[nH]1. The van der Waals surface area contributed by atoms with Crippen LogP contribution in [0.1, 0.15) is 29.0 Å². The maximum Gasteiger partial charge on any atom is 0.112 e. The number of H-pyrrole nitrogens is 1. The van der Waals surface area contributed by atoms with Crippen molar-refractivity contribution >= 4 is 0 Å². The minimum atomic E-state index is -0.424. The van der Waals surface area contributed by atoms with E-state index >= 15 is 0 Å². The van der Waals surface area contributed by atoms with Crippen LogP contribution in [0.2, 0.25) is 0 Å². The van der Waals surface area contributed by atoms with Gasteiger partial charge in [0, 0.05) is 12.4 Å². The Balaban J connectivity index is 2.00. The fourth-order valence-electron chi connectivity index (χ4n) is 2.30. The highest BCUT2D eigenvalue weighted by molar-refractivity contribution is 5.37. The molecule has 1 aliphatic carbocycles. The Kier molecular flexibility index (Phi) is 1.86. The fourth-order valence-corrected chi connectivity index (χ4v) is 2.30. The number of fused-ring (bicyclic) bond motifs is 1. The van der Waals surface area contributed by atoms with Gasteiger partial charge in [0.05, 0.1) is 12.0 Å². The summed E-state index contributed by atoms with van der Waals surface area (Å²) in [5.74, 6) is 0.955. The number of aliphatic hydroxyl groups is 1. The second-order valence-corrected chi connectivity index (χ2v) is 3.93. The topological polar surface area (TPSA) is 48.9 Å². The number of hydrogen-bond donors (Lipinski definition) is 2. The number of aromatic amines is 1. The molecule has 0 spiro atoms. The zero-order valence-corrected chi connectivity index (χ0v) is 8.22. The van der Waals surface area contributed by atoms with E-state index in [0.717, 1.165) is 17.8 Å². The van der Waals surface area contributed by atoms with E-state index in [1.54, 1.807) is 12.4 Å². The molecule has 2 N–H and O–H groups in total. The lowest BCUT2D eigenvalue weighted by molar-refractivity contribution is 0.154. The molecule has 0 saturated carbocycles. The van der Waals surface area contributed by atoms with E-state index in [-0.39, 0.29) is 5.92 Å². The molecule has 2 aromatic rings. The minimum Gasteiger partial charge on any atom is -0.388 e. The van der Waals surface area contributed by atoms with E-state index in [0.29, 0.717) is 0 Å².